The monoisotopic (exact) mass is 532 g/mol. The fourth-order valence-electron chi connectivity index (χ4n) is 4.04. The van der Waals surface area contributed by atoms with E-state index in [9.17, 15) is 19.2 Å². The normalized spacial score (nSPS) is 11.7. The summed E-state index contributed by atoms with van der Waals surface area (Å²) in [4.78, 5) is 56.4. The van der Waals surface area contributed by atoms with Crippen LogP contribution in [0.5, 0.6) is 0 Å². The van der Waals surface area contributed by atoms with Gasteiger partial charge in [0, 0.05) is 11.4 Å². The highest BCUT2D eigenvalue weighted by atomic mass is 32.1. The number of aromatic nitrogens is 2. The van der Waals surface area contributed by atoms with Crippen LogP contribution in [0.2, 0.25) is 0 Å². The molecule has 1 atom stereocenters. The number of ether oxygens (including phenoxy) is 1. The molecule has 0 aliphatic rings. The van der Waals surface area contributed by atoms with Crippen molar-refractivity contribution >= 4 is 50.7 Å². The smallest absolute Gasteiger partial charge is 0.338 e. The molecule has 196 valence electrons. The van der Waals surface area contributed by atoms with Gasteiger partial charge >= 0.3 is 5.97 Å². The molecular formula is C28H28N4O5S. The third-order valence-electron chi connectivity index (χ3n) is 6.17. The molecule has 0 spiro atoms. The van der Waals surface area contributed by atoms with Crippen molar-refractivity contribution in [2.75, 3.05) is 17.2 Å². The second kappa shape index (κ2) is 11.0. The van der Waals surface area contributed by atoms with Gasteiger partial charge in [-0.1, -0.05) is 17.7 Å². The lowest BCUT2D eigenvalue weighted by molar-refractivity contribution is -0.118. The Kier molecular flexibility index (Phi) is 7.72. The highest BCUT2D eigenvalue weighted by molar-refractivity contribution is 7.20. The highest BCUT2D eigenvalue weighted by Gasteiger charge is 2.23. The van der Waals surface area contributed by atoms with E-state index in [1.807, 2.05) is 32.0 Å². The number of amides is 2. The van der Waals surface area contributed by atoms with Crippen molar-refractivity contribution in [1.82, 2.24) is 9.55 Å². The van der Waals surface area contributed by atoms with Crippen molar-refractivity contribution in [2.45, 2.75) is 40.7 Å². The molecule has 38 heavy (non-hydrogen) atoms. The van der Waals surface area contributed by atoms with Crippen LogP contribution in [0.3, 0.4) is 0 Å². The lowest BCUT2D eigenvalue weighted by Crippen LogP contribution is -2.31. The van der Waals surface area contributed by atoms with Crippen LogP contribution in [0, 0.1) is 20.8 Å². The molecule has 9 nitrogen and oxygen atoms in total. The molecule has 2 amide bonds. The first-order valence-corrected chi connectivity index (χ1v) is 12.9. The first kappa shape index (κ1) is 26.7. The number of carbonyl (C=O) groups excluding carboxylic acids is 3. The second-order valence-corrected chi connectivity index (χ2v) is 9.93. The minimum absolute atomic E-state index is 0.268. The van der Waals surface area contributed by atoms with Crippen LogP contribution in [0.25, 0.3) is 10.2 Å². The fourth-order valence-corrected chi connectivity index (χ4v) is 5.07. The fraction of sp³-hybridized carbons (Fsp3) is 0.250. The van der Waals surface area contributed by atoms with Gasteiger partial charge in [-0.2, -0.15) is 0 Å². The molecule has 0 saturated heterocycles. The summed E-state index contributed by atoms with van der Waals surface area (Å²) >= 11 is 1.14. The Morgan fingerprint density at radius 1 is 1.05 bits per heavy atom. The Labute approximate surface area is 223 Å². The molecule has 0 radical (unpaired) electrons. The summed E-state index contributed by atoms with van der Waals surface area (Å²) in [5.41, 5.74) is 3.67. The SMILES string of the molecule is CCOC(=O)c1ccc(NC(=O)C(C)n2cnc3sc(C(=O)Nc4ccc(C)cc4C)c(C)c3c2=O)cc1. The number of hydrogen-bond acceptors (Lipinski definition) is 7. The van der Waals surface area contributed by atoms with Crippen molar-refractivity contribution in [1.29, 1.82) is 0 Å². The number of nitrogens with one attached hydrogen (secondary N) is 2. The van der Waals surface area contributed by atoms with Gasteiger partial charge in [-0.15, -0.1) is 11.3 Å². The molecule has 2 aromatic carbocycles. The number of hydrogen-bond donors (Lipinski definition) is 2. The molecule has 0 aliphatic heterocycles. The van der Waals surface area contributed by atoms with E-state index in [0.29, 0.717) is 37.6 Å². The van der Waals surface area contributed by atoms with E-state index in [0.717, 1.165) is 22.5 Å². The standard InChI is InChI=1S/C28H28N4O5S/c1-6-37-28(36)19-8-10-20(11-9-19)30-24(33)18(5)32-14-29-26-22(27(32)35)17(4)23(38-26)25(34)31-21-12-7-15(2)13-16(21)3/h7-14,18H,6H2,1-5H3,(H,30,33)(H,31,34). The van der Waals surface area contributed by atoms with Crippen molar-refractivity contribution in [3.05, 3.63) is 86.3 Å². The van der Waals surface area contributed by atoms with E-state index < -0.39 is 23.5 Å². The summed E-state index contributed by atoms with van der Waals surface area (Å²) in [5.74, 6) is -1.20. The van der Waals surface area contributed by atoms with Crippen LogP contribution in [0.1, 0.15) is 56.6 Å². The molecule has 10 heteroatoms. The van der Waals surface area contributed by atoms with Crippen molar-refractivity contribution in [3.63, 3.8) is 0 Å². The lowest BCUT2D eigenvalue weighted by Gasteiger charge is -2.15. The number of thiophene rings is 1. The first-order valence-electron chi connectivity index (χ1n) is 12.1. The Morgan fingerprint density at radius 3 is 2.42 bits per heavy atom. The minimum atomic E-state index is -0.879. The third-order valence-corrected chi connectivity index (χ3v) is 7.37. The van der Waals surface area contributed by atoms with Crippen LogP contribution in [-0.2, 0) is 9.53 Å². The summed E-state index contributed by atoms with van der Waals surface area (Å²) in [7, 11) is 0. The third kappa shape index (κ3) is 5.35. The van der Waals surface area contributed by atoms with E-state index in [2.05, 4.69) is 15.6 Å². The van der Waals surface area contributed by atoms with Crippen LogP contribution in [0.4, 0.5) is 11.4 Å². The zero-order chi connectivity index (χ0) is 27.6. The molecule has 2 aromatic heterocycles. The van der Waals surface area contributed by atoms with Gasteiger partial charge in [-0.3, -0.25) is 19.0 Å². The number of fused-ring (bicyclic) bond motifs is 1. The number of anilines is 2. The molecule has 1 unspecified atom stereocenters. The molecule has 2 N–H and O–H groups in total. The number of aryl methyl sites for hydroxylation is 3. The second-order valence-electron chi connectivity index (χ2n) is 8.93. The number of benzene rings is 2. The summed E-state index contributed by atoms with van der Waals surface area (Å²) in [6, 6.07) is 11.2. The van der Waals surface area contributed by atoms with Crippen LogP contribution >= 0.6 is 11.3 Å². The maximum absolute atomic E-state index is 13.4. The van der Waals surface area contributed by atoms with Gasteiger partial charge in [-0.05, 0) is 76.1 Å². The van der Waals surface area contributed by atoms with E-state index in [-0.39, 0.29) is 12.5 Å². The molecule has 0 bridgehead atoms. The topological polar surface area (TPSA) is 119 Å². The number of esters is 1. The summed E-state index contributed by atoms with van der Waals surface area (Å²) in [6.45, 7) is 9.19. The van der Waals surface area contributed by atoms with E-state index in [1.165, 1.54) is 10.9 Å². The zero-order valence-corrected chi connectivity index (χ0v) is 22.6. The lowest BCUT2D eigenvalue weighted by atomic mass is 10.1. The van der Waals surface area contributed by atoms with Crippen LogP contribution < -0.4 is 16.2 Å². The summed E-state index contributed by atoms with van der Waals surface area (Å²) in [6.07, 6.45) is 1.32. The molecular weight excluding hydrogens is 504 g/mol. The first-order chi connectivity index (χ1) is 18.1. The largest absolute Gasteiger partial charge is 0.462 e. The molecule has 0 saturated carbocycles. The maximum atomic E-state index is 13.4. The van der Waals surface area contributed by atoms with Gasteiger partial charge in [0.15, 0.2) is 0 Å². The zero-order valence-electron chi connectivity index (χ0n) is 21.7. The van der Waals surface area contributed by atoms with E-state index >= 15 is 0 Å². The predicted molar refractivity (Wildman–Crippen MR) is 148 cm³/mol. The molecule has 0 fully saturated rings. The van der Waals surface area contributed by atoms with Crippen molar-refractivity contribution in [2.24, 2.45) is 0 Å². The van der Waals surface area contributed by atoms with Gasteiger partial charge in [0.1, 0.15) is 10.9 Å². The van der Waals surface area contributed by atoms with E-state index in [1.54, 1.807) is 45.0 Å². The van der Waals surface area contributed by atoms with Gasteiger partial charge in [-0.25, -0.2) is 9.78 Å². The Bertz CT molecular complexity index is 1600. The highest BCUT2D eigenvalue weighted by Crippen LogP contribution is 2.29. The molecule has 4 rings (SSSR count). The number of carbonyl (C=O) groups is 3. The van der Waals surface area contributed by atoms with Crippen LogP contribution in [0.15, 0.2) is 53.6 Å². The Hall–Kier alpha value is -4.31. The van der Waals surface area contributed by atoms with E-state index in [4.69, 9.17) is 4.74 Å². The van der Waals surface area contributed by atoms with Crippen LogP contribution in [-0.4, -0.2) is 33.9 Å². The summed E-state index contributed by atoms with van der Waals surface area (Å²) in [5, 5.41) is 5.97. The number of nitrogens with zero attached hydrogens (tertiary/aromatic N) is 2. The minimum Gasteiger partial charge on any atom is -0.462 e. The Balaban J connectivity index is 1.55. The van der Waals surface area contributed by atoms with Gasteiger partial charge in [0.05, 0.1) is 28.8 Å². The molecule has 4 aromatic rings. The maximum Gasteiger partial charge on any atom is 0.338 e. The van der Waals surface area contributed by atoms with Crippen molar-refractivity contribution < 1.29 is 19.1 Å². The molecule has 2 heterocycles. The van der Waals surface area contributed by atoms with Gasteiger partial charge in [0.2, 0.25) is 5.91 Å². The average Bonchev–Trinajstić information content (AvgIpc) is 3.23. The quantitative estimate of drug-likeness (QED) is 0.323. The Morgan fingerprint density at radius 2 is 1.76 bits per heavy atom. The van der Waals surface area contributed by atoms with Gasteiger partial charge < -0.3 is 15.4 Å². The summed E-state index contributed by atoms with van der Waals surface area (Å²) < 4.78 is 6.21. The average molecular weight is 533 g/mol. The predicted octanol–water partition coefficient (Wildman–Crippen LogP) is 5.01. The van der Waals surface area contributed by atoms with Crippen molar-refractivity contribution in [3.8, 4) is 0 Å². The number of rotatable bonds is 7. The molecule has 0 aliphatic carbocycles. The van der Waals surface area contributed by atoms with Gasteiger partial charge in [0.25, 0.3) is 11.5 Å².